The number of hydrogen-bond acceptors (Lipinski definition) is 4. The maximum absolute atomic E-state index is 11.8. The van der Waals surface area contributed by atoms with Crippen molar-refractivity contribution >= 4 is 5.97 Å². The summed E-state index contributed by atoms with van der Waals surface area (Å²) in [6.07, 6.45) is 3.00. The Hall–Kier alpha value is -0.870. The predicted molar refractivity (Wildman–Crippen MR) is 65.4 cm³/mol. The van der Waals surface area contributed by atoms with E-state index in [1.165, 1.54) is 0 Å². The lowest BCUT2D eigenvalue weighted by Gasteiger charge is -2.23. The molecular formula is C15H18O4. The SMILES string of the molecule is CC1=C2C[C@@]34O[C@]3(C)C[C@@H]3O[C@@]34[C@H](C)C[C@H]2OC1=O. The first kappa shape index (κ1) is 10.9. The van der Waals surface area contributed by atoms with E-state index in [0.717, 1.165) is 30.4 Å². The molecule has 4 heteroatoms. The van der Waals surface area contributed by atoms with Gasteiger partial charge in [0.05, 0.1) is 6.10 Å². The highest BCUT2D eigenvalue weighted by molar-refractivity contribution is 5.91. The summed E-state index contributed by atoms with van der Waals surface area (Å²) in [4.78, 5) is 11.8. The largest absolute Gasteiger partial charge is 0.454 e. The first-order chi connectivity index (χ1) is 8.93. The number of hydrogen-bond donors (Lipinski definition) is 0. The van der Waals surface area contributed by atoms with Crippen molar-refractivity contribution in [1.29, 1.82) is 0 Å². The first-order valence-electron chi connectivity index (χ1n) is 7.22. The van der Waals surface area contributed by atoms with Gasteiger partial charge in [0, 0.05) is 18.4 Å². The van der Waals surface area contributed by atoms with Gasteiger partial charge in [-0.1, -0.05) is 6.92 Å². The zero-order valence-electron chi connectivity index (χ0n) is 11.5. The van der Waals surface area contributed by atoms with E-state index in [-0.39, 0.29) is 28.9 Å². The molecule has 2 saturated carbocycles. The summed E-state index contributed by atoms with van der Waals surface area (Å²) >= 11 is 0. The number of ether oxygens (including phenoxy) is 3. The van der Waals surface area contributed by atoms with Gasteiger partial charge in [-0.25, -0.2) is 4.79 Å². The fraction of sp³-hybridized carbons (Fsp3) is 0.800. The summed E-state index contributed by atoms with van der Waals surface area (Å²) < 4.78 is 17.8. The highest BCUT2D eigenvalue weighted by Gasteiger charge is 2.93. The first-order valence-corrected chi connectivity index (χ1v) is 7.22. The van der Waals surface area contributed by atoms with Gasteiger partial charge in [-0.3, -0.25) is 0 Å². The van der Waals surface area contributed by atoms with Crippen LogP contribution in [-0.2, 0) is 19.0 Å². The maximum atomic E-state index is 11.8. The van der Waals surface area contributed by atoms with Gasteiger partial charge < -0.3 is 14.2 Å². The summed E-state index contributed by atoms with van der Waals surface area (Å²) in [6.45, 7) is 6.31. The van der Waals surface area contributed by atoms with Crippen LogP contribution in [-0.4, -0.2) is 35.0 Å². The van der Waals surface area contributed by atoms with Crippen molar-refractivity contribution < 1.29 is 19.0 Å². The van der Waals surface area contributed by atoms with E-state index in [9.17, 15) is 4.79 Å². The number of epoxide rings is 2. The van der Waals surface area contributed by atoms with Gasteiger partial charge in [0.2, 0.25) is 0 Å². The Kier molecular flexibility index (Phi) is 1.51. The third kappa shape index (κ3) is 0.897. The lowest BCUT2D eigenvalue weighted by molar-refractivity contribution is -0.140. The zero-order chi connectivity index (χ0) is 13.2. The van der Waals surface area contributed by atoms with Crippen LogP contribution in [0.4, 0.5) is 0 Å². The second-order valence-electron chi connectivity index (χ2n) is 7.12. The average molecular weight is 262 g/mol. The van der Waals surface area contributed by atoms with Crippen molar-refractivity contribution in [3.63, 3.8) is 0 Å². The van der Waals surface area contributed by atoms with Crippen LogP contribution in [0.1, 0.15) is 40.0 Å². The molecule has 3 heterocycles. The van der Waals surface area contributed by atoms with Gasteiger partial charge in [-0.15, -0.1) is 0 Å². The van der Waals surface area contributed by atoms with Crippen molar-refractivity contribution in [2.45, 2.75) is 69.0 Å². The standard InChI is InChI=1S/C15H18O4/c1-7-4-10-9(8(2)12(16)17-10)5-14-13(3,19-14)6-11-15(7,14)18-11/h7,10-11H,4-6H2,1-3H3/t7-,10-,11+,13-,14-,15+/m1/s1. The van der Waals surface area contributed by atoms with Crippen molar-refractivity contribution in [2.75, 3.05) is 0 Å². The van der Waals surface area contributed by atoms with Gasteiger partial charge in [0.1, 0.15) is 22.9 Å². The number of carbonyl (C=O) groups excluding carboxylic acids is 1. The van der Waals surface area contributed by atoms with E-state index in [1.807, 2.05) is 6.92 Å². The molecule has 0 unspecified atom stereocenters. The van der Waals surface area contributed by atoms with Crippen LogP contribution in [0.15, 0.2) is 11.1 Å². The maximum Gasteiger partial charge on any atom is 0.334 e. The quantitative estimate of drug-likeness (QED) is 0.493. The number of carbonyl (C=O) groups is 1. The molecule has 19 heavy (non-hydrogen) atoms. The molecule has 0 radical (unpaired) electrons. The monoisotopic (exact) mass is 262 g/mol. The summed E-state index contributed by atoms with van der Waals surface area (Å²) in [7, 11) is 0. The third-order valence-electron chi connectivity index (χ3n) is 6.34. The second-order valence-corrected chi connectivity index (χ2v) is 7.12. The van der Waals surface area contributed by atoms with Crippen LogP contribution in [0.5, 0.6) is 0 Å². The molecule has 2 saturated heterocycles. The molecular weight excluding hydrogens is 244 g/mol. The van der Waals surface area contributed by atoms with Crippen molar-refractivity contribution in [3.8, 4) is 0 Å². The molecule has 3 aliphatic heterocycles. The number of rotatable bonds is 0. The Morgan fingerprint density at radius 3 is 2.95 bits per heavy atom. The molecule has 2 spiro atoms. The topological polar surface area (TPSA) is 51.4 Å². The third-order valence-corrected chi connectivity index (χ3v) is 6.34. The van der Waals surface area contributed by atoms with Crippen molar-refractivity contribution in [2.24, 2.45) is 5.92 Å². The minimum atomic E-state index is -0.191. The summed E-state index contributed by atoms with van der Waals surface area (Å²) in [6, 6.07) is 0. The Morgan fingerprint density at radius 1 is 1.37 bits per heavy atom. The van der Waals surface area contributed by atoms with Gasteiger partial charge in [-0.2, -0.15) is 0 Å². The lowest BCUT2D eigenvalue weighted by Crippen LogP contribution is -2.40. The van der Waals surface area contributed by atoms with Crippen LogP contribution in [0.2, 0.25) is 0 Å². The fourth-order valence-electron chi connectivity index (χ4n) is 5.22. The van der Waals surface area contributed by atoms with E-state index in [1.54, 1.807) is 0 Å². The van der Waals surface area contributed by atoms with Crippen LogP contribution in [0, 0.1) is 5.92 Å². The highest BCUT2D eigenvalue weighted by atomic mass is 16.7. The van der Waals surface area contributed by atoms with Gasteiger partial charge in [0.15, 0.2) is 0 Å². The smallest absolute Gasteiger partial charge is 0.334 e. The Bertz CT molecular complexity index is 566. The van der Waals surface area contributed by atoms with Crippen molar-refractivity contribution in [3.05, 3.63) is 11.1 Å². The Labute approximate surface area is 112 Å². The fourth-order valence-corrected chi connectivity index (χ4v) is 5.22. The molecule has 0 aromatic rings. The molecule has 0 N–H and O–H groups in total. The Morgan fingerprint density at radius 2 is 2.16 bits per heavy atom. The zero-order valence-corrected chi connectivity index (χ0v) is 11.5. The molecule has 0 aromatic heterocycles. The van der Waals surface area contributed by atoms with E-state index < -0.39 is 0 Å². The highest BCUT2D eigenvalue weighted by Crippen LogP contribution is 2.78. The minimum absolute atomic E-state index is 0.0437. The molecule has 6 atom stereocenters. The average Bonchev–Trinajstić information content (AvgIpc) is 3.16. The normalized spacial score (nSPS) is 60.8. The van der Waals surface area contributed by atoms with Crippen molar-refractivity contribution in [1.82, 2.24) is 0 Å². The van der Waals surface area contributed by atoms with E-state index in [0.29, 0.717) is 12.0 Å². The molecule has 5 rings (SSSR count). The van der Waals surface area contributed by atoms with Crippen LogP contribution >= 0.6 is 0 Å². The Balaban J connectivity index is 1.67. The van der Waals surface area contributed by atoms with Gasteiger partial charge >= 0.3 is 5.97 Å². The van der Waals surface area contributed by atoms with Crippen LogP contribution in [0.25, 0.3) is 0 Å². The second kappa shape index (κ2) is 2.63. The molecule has 4 fully saturated rings. The molecule has 2 aliphatic carbocycles. The predicted octanol–water partition coefficient (Wildman–Crippen LogP) is 1.73. The molecule has 4 nitrogen and oxygen atoms in total. The van der Waals surface area contributed by atoms with E-state index >= 15 is 0 Å². The van der Waals surface area contributed by atoms with Crippen LogP contribution < -0.4 is 0 Å². The summed E-state index contributed by atoms with van der Waals surface area (Å²) in [5.41, 5.74) is 1.62. The number of fused-ring (bicyclic) bond motifs is 1. The van der Waals surface area contributed by atoms with Gasteiger partial charge in [-0.05, 0) is 31.8 Å². The molecule has 5 aliphatic rings. The molecule has 0 aromatic carbocycles. The molecule has 0 amide bonds. The lowest BCUT2D eigenvalue weighted by atomic mass is 9.78. The van der Waals surface area contributed by atoms with E-state index in [2.05, 4.69) is 13.8 Å². The summed E-state index contributed by atoms with van der Waals surface area (Å²) in [5, 5.41) is 0. The molecule has 102 valence electrons. The minimum Gasteiger partial charge on any atom is -0.454 e. The number of esters is 1. The van der Waals surface area contributed by atoms with E-state index in [4.69, 9.17) is 14.2 Å². The summed E-state index contributed by atoms with van der Waals surface area (Å²) in [5.74, 6) is 0.233. The molecule has 0 bridgehead atoms. The van der Waals surface area contributed by atoms with Gasteiger partial charge in [0.25, 0.3) is 0 Å². The van der Waals surface area contributed by atoms with Crippen LogP contribution in [0.3, 0.4) is 0 Å².